The molecule has 5 rings (SSSR count). The summed E-state index contributed by atoms with van der Waals surface area (Å²) in [5.41, 5.74) is 5.49. The van der Waals surface area contributed by atoms with Crippen molar-refractivity contribution in [3.63, 3.8) is 0 Å². The predicted octanol–water partition coefficient (Wildman–Crippen LogP) is 4.83. The highest BCUT2D eigenvalue weighted by molar-refractivity contribution is 5.96. The Kier molecular flexibility index (Phi) is 6.69. The Hall–Kier alpha value is -3.78. The number of aryl methyl sites for hydroxylation is 1. The van der Waals surface area contributed by atoms with Crippen LogP contribution in [0, 0.1) is 18.7 Å². The maximum Gasteiger partial charge on any atom is 0.251 e. The number of benzene rings is 2. The number of fused-ring (bicyclic) bond motifs is 1. The number of carbonyl (C=O) groups excluding carboxylic acids is 1. The molecule has 1 atom stereocenters. The van der Waals surface area contributed by atoms with Crippen LogP contribution in [0.4, 0.5) is 10.2 Å². The number of nitrogens with zero attached hydrogens (tertiary/aromatic N) is 3. The number of rotatable bonds is 9. The molecule has 0 bridgehead atoms. The molecule has 2 aromatic heterocycles. The summed E-state index contributed by atoms with van der Waals surface area (Å²) in [7, 11) is 0. The molecule has 1 aliphatic carbocycles. The van der Waals surface area contributed by atoms with Gasteiger partial charge in [-0.05, 0) is 74.1 Å². The van der Waals surface area contributed by atoms with E-state index in [4.69, 9.17) is 4.98 Å². The number of carbonyl (C=O) groups is 1. The third-order valence-electron chi connectivity index (χ3n) is 6.55. The van der Waals surface area contributed by atoms with Crippen LogP contribution in [0.5, 0.6) is 0 Å². The van der Waals surface area contributed by atoms with Gasteiger partial charge in [-0.2, -0.15) is 0 Å². The molecular formula is C28H30FN5O2. The second-order valence-electron chi connectivity index (χ2n) is 9.60. The van der Waals surface area contributed by atoms with E-state index in [2.05, 4.69) is 15.6 Å². The molecule has 0 aliphatic heterocycles. The van der Waals surface area contributed by atoms with Crippen LogP contribution in [0.1, 0.15) is 42.1 Å². The minimum absolute atomic E-state index is 0.0360. The molecule has 1 unspecified atom stereocenters. The topological polar surface area (TPSA) is 91.6 Å². The normalized spacial score (nSPS) is 14.1. The SMILES string of the molecule is Cc1cc(-c2cnc3c(NCCC(C)CO)nc(-c4ccc(F)cc4)cn23)ccc1C(=O)NC1CC1. The van der Waals surface area contributed by atoms with Gasteiger partial charge < -0.3 is 15.7 Å². The number of nitrogens with one attached hydrogen (secondary N) is 2. The zero-order valence-corrected chi connectivity index (χ0v) is 20.5. The fourth-order valence-corrected chi connectivity index (χ4v) is 4.18. The first kappa shape index (κ1) is 23.9. The number of halogens is 1. The number of anilines is 1. The maximum absolute atomic E-state index is 13.5. The third kappa shape index (κ3) is 5.09. The highest BCUT2D eigenvalue weighted by Gasteiger charge is 2.24. The summed E-state index contributed by atoms with van der Waals surface area (Å²) >= 11 is 0. The number of aliphatic hydroxyl groups excluding tert-OH is 1. The Morgan fingerprint density at radius 2 is 1.94 bits per heavy atom. The second-order valence-corrected chi connectivity index (χ2v) is 9.60. The zero-order chi connectivity index (χ0) is 25.2. The number of imidazole rings is 1. The smallest absolute Gasteiger partial charge is 0.251 e. The van der Waals surface area contributed by atoms with Crippen molar-refractivity contribution in [3.8, 4) is 22.5 Å². The lowest BCUT2D eigenvalue weighted by Crippen LogP contribution is -2.26. The van der Waals surface area contributed by atoms with E-state index in [0.717, 1.165) is 41.6 Å². The van der Waals surface area contributed by atoms with Crippen molar-refractivity contribution in [1.82, 2.24) is 19.7 Å². The van der Waals surface area contributed by atoms with E-state index in [1.807, 2.05) is 42.6 Å². The Morgan fingerprint density at radius 1 is 1.19 bits per heavy atom. The van der Waals surface area contributed by atoms with E-state index in [1.54, 1.807) is 18.3 Å². The quantitative estimate of drug-likeness (QED) is 0.314. The molecule has 1 saturated carbocycles. The molecule has 1 aliphatic rings. The van der Waals surface area contributed by atoms with Crippen LogP contribution in [0.15, 0.2) is 54.9 Å². The van der Waals surface area contributed by atoms with Gasteiger partial charge in [0, 0.05) is 42.1 Å². The predicted molar refractivity (Wildman–Crippen MR) is 138 cm³/mol. The van der Waals surface area contributed by atoms with Gasteiger partial charge in [0.15, 0.2) is 11.5 Å². The van der Waals surface area contributed by atoms with Crippen molar-refractivity contribution in [3.05, 3.63) is 71.8 Å². The summed E-state index contributed by atoms with van der Waals surface area (Å²) in [4.78, 5) is 22.0. The van der Waals surface area contributed by atoms with Gasteiger partial charge in [-0.3, -0.25) is 9.20 Å². The minimum atomic E-state index is -0.305. The lowest BCUT2D eigenvalue weighted by Gasteiger charge is -2.13. The molecule has 3 N–H and O–H groups in total. The fraction of sp³-hybridized carbons (Fsp3) is 0.321. The standard InChI is InChI=1S/C28H30FN5O2/c1-17(16-35)11-12-30-26-27-31-14-25(34(27)15-24(33-26)19-3-6-21(29)7-4-19)20-5-10-23(18(2)13-20)28(36)32-22-8-9-22/h3-7,10,13-15,17,22,35H,8-9,11-12,16H2,1-2H3,(H,30,33)(H,32,36). The molecule has 0 saturated heterocycles. The van der Waals surface area contributed by atoms with Crippen molar-refractivity contribution < 1.29 is 14.3 Å². The van der Waals surface area contributed by atoms with Gasteiger partial charge in [0.1, 0.15) is 5.82 Å². The van der Waals surface area contributed by atoms with Gasteiger partial charge >= 0.3 is 0 Å². The molecule has 186 valence electrons. The zero-order valence-electron chi connectivity index (χ0n) is 20.5. The molecule has 4 aromatic rings. The van der Waals surface area contributed by atoms with Crippen LogP contribution in [0.25, 0.3) is 28.2 Å². The number of hydrogen-bond donors (Lipinski definition) is 3. The summed E-state index contributed by atoms with van der Waals surface area (Å²) in [6, 6.07) is 12.3. The van der Waals surface area contributed by atoms with E-state index < -0.39 is 0 Å². The van der Waals surface area contributed by atoms with Crippen molar-refractivity contribution in [1.29, 1.82) is 0 Å². The second kappa shape index (κ2) is 10.1. The van der Waals surface area contributed by atoms with E-state index in [1.165, 1.54) is 12.1 Å². The first-order chi connectivity index (χ1) is 17.4. The van der Waals surface area contributed by atoms with Gasteiger partial charge in [-0.1, -0.05) is 13.0 Å². The molecular weight excluding hydrogens is 457 g/mol. The first-order valence-corrected chi connectivity index (χ1v) is 12.3. The molecule has 8 heteroatoms. The molecule has 1 fully saturated rings. The van der Waals surface area contributed by atoms with Gasteiger partial charge in [0.05, 0.1) is 17.6 Å². The van der Waals surface area contributed by atoms with Crippen LogP contribution < -0.4 is 10.6 Å². The summed E-state index contributed by atoms with van der Waals surface area (Å²) in [5.74, 6) is 0.444. The molecule has 2 aromatic carbocycles. The summed E-state index contributed by atoms with van der Waals surface area (Å²) in [6.07, 6.45) is 6.57. The van der Waals surface area contributed by atoms with Gasteiger partial charge in [0.2, 0.25) is 0 Å². The summed E-state index contributed by atoms with van der Waals surface area (Å²) < 4.78 is 15.5. The summed E-state index contributed by atoms with van der Waals surface area (Å²) in [6.45, 7) is 4.69. The number of aromatic nitrogens is 3. The van der Waals surface area contributed by atoms with Gasteiger partial charge in [-0.15, -0.1) is 0 Å². The van der Waals surface area contributed by atoms with E-state index in [9.17, 15) is 14.3 Å². The van der Waals surface area contributed by atoms with Crippen molar-refractivity contribution in [2.75, 3.05) is 18.5 Å². The Morgan fingerprint density at radius 3 is 2.64 bits per heavy atom. The van der Waals surface area contributed by atoms with E-state index in [-0.39, 0.29) is 24.2 Å². The van der Waals surface area contributed by atoms with Crippen LogP contribution in [-0.4, -0.2) is 44.6 Å². The maximum atomic E-state index is 13.5. The Bertz CT molecular complexity index is 1400. The molecule has 0 spiro atoms. The van der Waals surface area contributed by atoms with Gasteiger partial charge in [-0.25, -0.2) is 14.4 Å². The minimum Gasteiger partial charge on any atom is -0.396 e. The Labute approximate surface area is 209 Å². The van der Waals surface area contributed by atoms with E-state index >= 15 is 0 Å². The lowest BCUT2D eigenvalue weighted by atomic mass is 10.0. The van der Waals surface area contributed by atoms with E-state index in [0.29, 0.717) is 35.3 Å². The molecule has 2 heterocycles. The average molecular weight is 488 g/mol. The van der Waals surface area contributed by atoms with Crippen LogP contribution in [-0.2, 0) is 0 Å². The number of aliphatic hydroxyl groups is 1. The van der Waals surface area contributed by atoms with Crippen LogP contribution in [0.2, 0.25) is 0 Å². The first-order valence-electron chi connectivity index (χ1n) is 12.3. The van der Waals surface area contributed by atoms with Crippen molar-refractivity contribution >= 4 is 17.4 Å². The highest BCUT2D eigenvalue weighted by atomic mass is 19.1. The monoisotopic (exact) mass is 487 g/mol. The van der Waals surface area contributed by atoms with Gasteiger partial charge in [0.25, 0.3) is 5.91 Å². The van der Waals surface area contributed by atoms with Crippen LogP contribution in [0.3, 0.4) is 0 Å². The average Bonchev–Trinajstić information content (AvgIpc) is 3.58. The molecule has 0 radical (unpaired) electrons. The van der Waals surface area contributed by atoms with Crippen molar-refractivity contribution in [2.24, 2.45) is 5.92 Å². The molecule has 36 heavy (non-hydrogen) atoms. The van der Waals surface area contributed by atoms with Crippen molar-refractivity contribution in [2.45, 2.75) is 39.2 Å². The number of hydrogen-bond acceptors (Lipinski definition) is 5. The number of amides is 1. The summed E-state index contributed by atoms with van der Waals surface area (Å²) in [5, 5.41) is 15.8. The highest BCUT2D eigenvalue weighted by Crippen LogP contribution is 2.29. The largest absolute Gasteiger partial charge is 0.396 e. The fourth-order valence-electron chi connectivity index (χ4n) is 4.18. The molecule has 7 nitrogen and oxygen atoms in total. The molecule has 1 amide bonds. The third-order valence-corrected chi connectivity index (χ3v) is 6.55. The Balaban J connectivity index is 1.53. The lowest BCUT2D eigenvalue weighted by molar-refractivity contribution is 0.0950. The van der Waals surface area contributed by atoms with Crippen LogP contribution >= 0.6 is 0 Å².